The Morgan fingerprint density at radius 2 is 1.82 bits per heavy atom. The first-order valence-corrected chi connectivity index (χ1v) is 9.02. The number of hydrogen-bond acceptors (Lipinski definition) is 4. The molecule has 144 valence electrons. The number of hydrogen-bond donors (Lipinski definition) is 3. The highest BCUT2D eigenvalue weighted by Crippen LogP contribution is 2.18. The topological polar surface area (TPSA) is 83.1 Å². The first-order chi connectivity index (χ1) is 13.6. The second-order valence-corrected chi connectivity index (χ2v) is 6.32. The van der Waals surface area contributed by atoms with E-state index in [-0.39, 0.29) is 11.6 Å². The number of rotatable bonds is 6. The molecule has 6 nitrogen and oxygen atoms in total. The van der Waals surface area contributed by atoms with Crippen molar-refractivity contribution in [2.24, 2.45) is 0 Å². The van der Waals surface area contributed by atoms with Crippen LogP contribution in [0.1, 0.15) is 13.3 Å². The Kier molecular flexibility index (Phi) is 6.16. The molecule has 7 heteroatoms. The maximum absolute atomic E-state index is 13.7. The Hall–Kier alpha value is -3.48. The molecule has 1 atom stereocenters. The number of fused-ring (bicyclic) bond motifs is 1. The van der Waals surface area contributed by atoms with Gasteiger partial charge in [-0.05, 0) is 30.7 Å². The van der Waals surface area contributed by atoms with Gasteiger partial charge in [-0.2, -0.15) is 0 Å². The zero-order valence-corrected chi connectivity index (χ0v) is 15.4. The lowest BCUT2D eigenvalue weighted by molar-refractivity contribution is -0.136. The second kappa shape index (κ2) is 8.94. The molecule has 0 radical (unpaired) electrons. The van der Waals surface area contributed by atoms with Gasteiger partial charge in [0.15, 0.2) is 0 Å². The number of nitrogens with zero attached hydrogens (tertiary/aromatic N) is 1. The molecule has 28 heavy (non-hydrogen) atoms. The molecule has 0 saturated carbocycles. The molecular formula is C21H21FN4O2. The molecule has 0 spiro atoms. The number of anilines is 2. The Bertz CT molecular complexity index is 979. The molecule has 0 bridgehead atoms. The van der Waals surface area contributed by atoms with Crippen LogP contribution in [0.15, 0.2) is 60.8 Å². The highest BCUT2D eigenvalue weighted by molar-refractivity contribution is 6.39. The van der Waals surface area contributed by atoms with Crippen molar-refractivity contribution >= 4 is 34.1 Å². The molecule has 0 saturated heterocycles. The highest BCUT2D eigenvalue weighted by atomic mass is 19.1. The summed E-state index contributed by atoms with van der Waals surface area (Å²) in [5.41, 5.74) is 1.48. The summed E-state index contributed by atoms with van der Waals surface area (Å²) in [4.78, 5) is 28.4. The largest absolute Gasteiger partial charge is 0.383 e. The Labute approximate surface area is 162 Å². The van der Waals surface area contributed by atoms with E-state index < -0.39 is 17.6 Å². The van der Waals surface area contributed by atoms with Crippen LogP contribution < -0.4 is 16.0 Å². The average molecular weight is 380 g/mol. The molecule has 0 fully saturated rings. The number of carbonyl (C=O) groups excluding carboxylic acids is 2. The molecule has 2 amide bonds. The van der Waals surface area contributed by atoms with E-state index in [0.29, 0.717) is 24.0 Å². The van der Waals surface area contributed by atoms with Gasteiger partial charge in [0, 0.05) is 23.7 Å². The van der Waals surface area contributed by atoms with Gasteiger partial charge >= 0.3 is 11.8 Å². The highest BCUT2D eigenvalue weighted by Gasteiger charge is 2.18. The lowest BCUT2D eigenvalue weighted by atomic mass is 10.2. The molecule has 3 aromatic rings. The van der Waals surface area contributed by atoms with Crippen molar-refractivity contribution in [3.8, 4) is 0 Å². The normalized spacial score (nSPS) is 11.6. The van der Waals surface area contributed by atoms with Gasteiger partial charge < -0.3 is 16.0 Å². The molecule has 3 rings (SSSR count). The summed E-state index contributed by atoms with van der Waals surface area (Å²) in [6.45, 7) is 2.42. The van der Waals surface area contributed by atoms with Crippen LogP contribution >= 0.6 is 0 Å². The number of para-hydroxylation sites is 2. The number of pyridine rings is 1. The second-order valence-electron chi connectivity index (χ2n) is 6.32. The van der Waals surface area contributed by atoms with Crippen LogP contribution in [0.4, 0.5) is 15.8 Å². The van der Waals surface area contributed by atoms with E-state index in [2.05, 4.69) is 20.9 Å². The molecular weight excluding hydrogens is 359 g/mol. The minimum atomic E-state index is -0.796. The van der Waals surface area contributed by atoms with Crippen molar-refractivity contribution in [1.82, 2.24) is 10.3 Å². The smallest absolute Gasteiger partial charge is 0.313 e. The molecule has 3 N–H and O–H groups in total. The van der Waals surface area contributed by atoms with Crippen molar-refractivity contribution in [3.05, 3.63) is 66.6 Å². The quantitative estimate of drug-likeness (QED) is 0.573. The summed E-state index contributed by atoms with van der Waals surface area (Å²) in [6.07, 6.45) is 1.99. The zero-order valence-electron chi connectivity index (χ0n) is 15.4. The van der Waals surface area contributed by atoms with Crippen molar-refractivity contribution in [2.45, 2.75) is 19.4 Å². The van der Waals surface area contributed by atoms with E-state index >= 15 is 0 Å². The summed E-state index contributed by atoms with van der Waals surface area (Å²) in [6, 6.07) is 15.5. The number of aromatic nitrogens is 1. The van der Waals surface area contributed by atoms with Crippen molar-refractivity contribution in [2.75, 3.05) is 17.2 Å². The SMILES string of the molecule is CCC(CNc1ccccc1)NC(=O)C(=O)Nc1cnc2c(F)cccc2c1. The zero-order chi connectivity index (χ0) is 19.9. The maximum atomic E-state index is 13.7. The number of nitrogens with one attached hydrogen (secondary N) is 3. The van der Waals surface area contributed by atoms with Crippen LogP contribution in [0.2, 0.25) is 0 Å². The van der Waals surface area contributed by atoms with Gasteiger partial charge in [-0.25, -0.2) is 4.39 Å². The van der Waals surface area contributed by atoms with Crippen LogP contribution in [-0.4, -0.2) is 29.4 Å². The summed E-state index contributed by atoms with van der Waals surface area (Å²) >= 11 is 0. The minimum Gasteiger partial charge on any atom is -0.383 e. The maximum Gasteiger partial charge on any atom is 0.313 e. The van der Waals surface area contributed by atoms with Gasteiger partial charge in [0.2, 0.25) is 0 Å². The third-order valence-corrected chi connectivity index (χ3v) is 4.28. The van der Waals surface area contributed by atoms with E-state index in [1.807, 2.05) is 37.3 Å². The summed E-state index contributed by atoms with van der Waals surface area (Å²) in [5, 5.41) is 8.97. The van der Waals surface area contributed by atoms with Gasteiger partial charge in [0.1, 0.15) is 11.3 Å². The molecule has 1 heterocycles. The number of halogens is 1. The first-order valence-electron chi connectivity index (χ1n) is 9.02. The summed E-state index contributed by atoms with van der Waals surface area (Å²) in [7, 11) is 0. The molecule has 2 aromatic carbocycles. The van der Waals surface area contributed by atoms with Gasteiger partial charge in [0.25, 0.3) is 0 Å². The Balaban J connectivity index is 1.58. The number of benzene rings is 2. The van der Waals surface area contributed by atoms with Gasteiger partial charge in [0.05, 0.1) is 11.9 Å². The van der Waals surface area contributed by atoms with E-state index in [1.54, 1.807) is 18.2 Å². The van der Waals surface area contributed by atoms with E-state index in [4.69, 9.17) is 0 Å². The minimum absolute atomic E-state index is 0.206. The molecule has 0 aliphatic heterocycles. The molecule has 0 aliphatic rings. The van der Waals surface area contributed by atoms with Gasteiger partial charge in [-0.15, -0.1) is 0 Å². The third-order valence-electron chi connectivity index (χ3n) is 4.28. The Morgan fingerprint density at radius 3 is 2.57 bits per heavy atom. The molecule has 1 aromatic heterocycles. The lowest BCUT2D eigenvalue weighted by Gasteiger charge is -2.18. The van der Waals surface area contributed by atoms with Crippen molar-refractivity contribution in [3.63, 3.8) is 0 Å². The van der Waals surface area contributed by atoms with Crippen molar-refractivity contribution in [1.29, 1.82) is 0 Å². The predicted octanol–water partition coefficient (Wildman–Crippen LogP) is 3.32. The van der Waals surface area contributed by atoms with Crippen LogP contribution in [0, 0.1) is 5.82 Å². The van der Waals surface area contributed by atoms with Crippen LogP contribution in [0.25, 0.3) is 10.9 Å². The van der Waals surface area contributed by atoms with E-state index in [0.717, 1.165) is 5.69 Å². The van der Waals surface area contributed by atoms with Crippen LogP contribution in [-0.2, 0) is 9.59 Å². The monoisotopic (exact) mass is 380 g/mol. The first kappa shape index (κ1) is 19.3. The van der Waals surface area contributed by atoms with E-state index in [1.165, 1.54) is 12.3 Å². The van der Waals surface area contributed by atoms with Crippen LogP contribution in [0.5, 0.6) is 0 Å². The molecule has 0 aliphatic carbocycles. The summed E-state index contributed by atoms with van der Waals surface area (Å²) in [5.74, 6) is -1.97. The number of amides is 2. The summed E-state index contributed by atoms with van der Waals surface area (Å²) < 4.78 is 13.7. The van der Waals surface area contributed by atoms with E-state index in [9.17, 15) is 14.0 Å². The van der Waals surface area contributed by atoms with Gasteiger partial charge in [-0.3, -0.25) is 14.6 Å². The number of carbonyl (C=O) groups is 2. The fourth-order valence-electron chi connectivity index (χ4n) is 2.73. The predicted molar refractivity (Wildman–Crippen MR) is 107 cm³/mol. The van der Waals surface area contributed by atoms with Crippen molar-refractivity contribution < 1.29 is 14.0 Å². The Morgan fingerprint density at radius 1 is 1.04 bits per heavy atom. The fraction of sp³-hybridized carbons (Fsp3) is 0.190. The standard InChI is InChI=1S/C21H21FN4O2/c1-2-15(12-23-16-8-4-3-5-9-16)25-20(27)21(28)26-17-11-14-7-6-10-18(22)19(14)24-13-17/h3-11,13,15,23H,2,12H2,1H3,(H,25,27)(H,26,28). The third kappa shape index (κ3) is 4.82. The average Bonchev–Trinajstić information content (AvgIpc) is 2.71. The van der Waals surface area contributed by atoms with Crippen LogP contribution in [0.3, 0.4) is 0 Å². The van der Waals surface area contributed by atoms with Gasteiger partial charge in [-0.1, -0.05) is 37.3 Å². The lowest BCUT2D eigenvalue weighted by Crippen LogP contribution is -2.44. The fourth-order valence-corrected chi connectivity index (χ4v) is 2.73. The molecule has 1 unspecified atom stereocenters.